The van der Waals surface area contributed by atoms with Gasteiger partial charge in [-0.2, -0.15) is 0 Å². The Labute approximate surface area is 247 Å². The van der Waals surface area contributed by atoms with Gasteiger partial charge in [0.05, 0.1) is 0 Å². The normalized spacial score (nSPS) is 13.6. The van der Waals surface area contributed by atoms with Gasteiger partial charge in [-0.25, -0.2) is 4.79 Å². The number of ether oxygens (including phenoxy) is 1. The average molecular weight is 566 g/mol. The number of rotatable bonds is 12. The fraction of sp³-hybridized carbons (Fsp3) is 0.559. The first-order valence-electron chi connectivity index (χ1n) is 14.9. The van der Waals surface area contributed by atoms with Crippen LogP contribution in [0.25, 0.3) is 0 Å². The maximum atomic E-state index is 14.5. The van der Waals surface area contributed by atoms with Crippen molar-refractivity contribution in [3.05, 3.63) is 64.2 Å². The van der Waals surface area contributed by atoms with E-state index >= 15 is 0 Å². The zero-order chi connectivity index (χ0) is 30.9. The molecule has 41 heavy (non-hydrogen) atoms. The minimum atomic E-state index is -0.883. The van der Waals surface area contributed by atoms with E-state index in [1.807, 2.05) is 77.9 Å². The minimum Gasteiger partial charge on any atom is -0.444 e. The number of carbonyl (C=O) groups excluding carboxylic acids is 3. The Bertz CT molecular complexity index is 1160. The summed E-state index contributed by atoms with van der Waals surface area (Å²) in [7, 11) is 0. The Hall–Kier alpha value is -3.35. The van der Waals surface area contributed by atoms with Crippen molar-refractivity contribution in [1.82, 2.24) is 10.2 Å². The van der Waals surface area contributed by atoms with Gasteiger partial charge in [0.1, 0.15) is 17.7 Å². The number of carbonyl (C=O) groups is 3. The quantitative estimate of drug-likeness (QED) is 0.260. The third-order valence-corrected chi connectivity index (χ3v) is 7.54. The van der Waals surface area contributed by atoms with Crippen LogP contribution in [0.4, 0.5) is 10.5 Å². The second-order valence-corrected chi connectivity index (χ2v) is 12.2. The van der Waals surface area contributed by atoms with Gasteiger partial charge >= 0.3 is 6.09 Å². The molecule has 226 valence electrons. The number of benzene rings is 2. The molecule has 2 aromatic carbocycles. The highest BCUT2D eigenvalue weighted by molar-refractivity contribution is 6.00. The van der Waals surface area contributed by atoms with Crippen LogP contribution in [0.3, 0.4) is 0 Å². The molecule has 0 heterocycles. The molecule has 0 saturated heterocycles. The summed E-state index contributed by atoms with van der Waals surface area (Å²) in [6.45, 7) is 19.7. The van der Waals surface area contributed by atoms with E-state index in [1.54, 1.807) is 25.7 Å². The molecule has 3 atom stereocenters. The van der Waals surface area contributed by atoms with Crippen LogP contribution in [0.1, 0.15) is 101 Å². The number of nitrogens with one attached hydrogen (secondary N) is 2. The molecular formula is C34H51N3O4. The van der Waals surface area contributed by atoms with Crippen molar-refractivity contribution >= 4 is 23.6 Å². The maximum Gasteiger partial charge on any atom is 0.408 e. The predicted molar refractivity (Wildman–Crippen MR) is 167 cm³/mol. The molecule has 3 unspecified atom stereocenters. The molecule has 2 N–H and O–H groups in total. The minimum absolute atomic E-state index is 0.177. The Balaban J connectivity index is 2.68. The zero-order valence-corrected chi connectivity index (χ0v) is 26.8. The van der Waals surface area contributed by atoms with Crippen molar-refractivity contribution in [3.63, 3.8) is 0 Å². The fourth-order valence-corrected chi connectivity index (χ4v) is 5.09. The molecule has 0 fully saturated rings. The van der Waals surface area contributed by atoms with Gasteiger partial charge in [-0.3, -0.25) is 9.59 Å². The van der Waals surface area contributed by atoms with Crippen molar-refractivity contribution in [1.29, 1.82) is 0 Å². The summed E-state index contributed by atoms with van der Waals surface area (Å²) in [5.41, 5.74) is 4.61. The first-order valence-corrected chi connectivity index (χ1v) is 14.9. The summed E-state index contributed by atoms with van der Waals surface area (Å²) in [6.07, 6.45) is 2.64. The van der Waals surface area contributed by atoms with Crippen molar-refractivity contribution in [2.45, 2.75) is 113 Å². The van der Waals surface area contributed by atoms with Gasteiger partial charge in [0.25, 0.3) is 5.91 Å². The van der Waals surface area contributed by atoms with Gasteiger partial charge in [-0.15, -0.1) is 0 Å². The zero-order valence-electron chi connectivity index (χ0n) is 26.8. The van der Waals surface area contributed by atoms with Gasteiger partial charge in [0, 0.05) is 12.2 Å². The average Bonchev–Trinajstić information content (AvgIpc) is 2.88. The molecule has 0 aliphatic heterocycles. The van der Waals surface area contributed by atoms with E-state index in [1.165, 1.54) is 0 Å². The van der Waals surface area contributed by atoms with Crippen LogP contribution in [-0.4, -0.2) is 41.0 Å². The lowest BCUT2D eigenvalue weighted by atomic mass is 9.91. The van der Waals surface area contributed by atoms with E-state index in [2.05, 4.69) is 17.6 Å². The summed E-state index contributed by atoms with van der Waals surface area (Å²) in [5, 5.41) is 6.02. The largest absolute Gasteiger partial charge is 0.444 e. The lowest BCUT2D eigenvalue weighted by Crippen LogP contribution is -2.55. The Morgan fingerprint density at radius 2 is 1.41 bits per heavy atom. The first kappa shape index (κ1) is 33.9. The van der Waals surface area contributed by atoms with Gasteiger partial charge in [-0.1, -0.05) is 76.4 Å². The van der Waals surface area contributed by atoms with E-state index in [4.69, 9.17) is 4.74 Å². The molecule has 0 spiro atoms. The van der Waals surface area contributed by atoms with E-state index in [9.17, 15) is 14.4 Å². The number of hydrogen-bond donors (Lipinski definition) is 2. The lowest BCUT2D eigenvalue weighted by molar-refractivity contribution is -0.142. The van der Waals surface area contributed by atoms with Crippen LogP contribution in [0.5, 0.6) is 0 Å². The van der Waals surface area contributed by atoms with Crippen LogP contribution >= 0.6 is 0 Å². The predicted octanol–water partition coefficient (Wildman–Crippen LogP) is 7.56. The molecule has 2 aromatic rings. The number of aryl methyl sites for hydroxylation is 4. The third-order valence-electron chi connectivity index (χ3n) is 7.54. The number of nitrogens with zero attached hydrogens (tertiary/aromatic N) is 1. The molecule has 7 nitrogen and oxygen atoms in total. The second kappa shape index (κ2) is 15.0. The summed E-state index contributed by atoms with van der Waals surface area (Å²) >= 11 is 0. The second-order valence-electron chi connectivity index (χ2n) is 12.2. The number of hydrogen-bond acceptors (Lipinski definition) is 4. The SMILES string of the molecule is CCCCCN(C(=O)C(NC(=O)OC(C)(C)C)C(C)CC)C(C(=O)Nc1c(C)cccc1C)c1c(C)cccc1C. The molecule has 7 heteroatoms. The van der Waals surface area contributed by atoms with Gasteiger partial charge in [-0.05, 0) is 88.6 Å². The van der Waals surface area contributed by atoms with Crippen molar-refractivity contribution < 1.29 is 19.1 Å². The number of amides is 3. The highest BCUT2D eigenvalue weighted by Crippen LogP contribution is 2.32. The molecule has 0 aliphatic carbocycles. The monoisotopic (exact) mass is 565 g/mol. The third kappa shape index (κ3) is 9.34. The highest BCUT2D eigenvalue weighted by atomic mass is 16.6. The summed E-state index contributed by atoms with van der Waals surface area (Å²) in [4.78, 5) is 43.5. The highest BCUT2D eigenvalue weighted by Gasteiger charge is 2.39. The van der Waals surface area contributed by atoms with Crippen LogP contribution in [0, 0.1) is 33.6 Å². The van der Waals surface area contributed by atoms with Crippen molar-refractivity contribution in [3.8, 4) is 0 Å². The summed E-state index contributed by atoms with van der Waals surface area (Å²) < 4.78 is 5.53. The van der Waals surface area contributed by atoms with E-state index in [-0.39, 0.29) is 17.7 Å². The topological polar surface area (TPSA) is 87.7 Å². The lowest BCUT2D eigenvalue weighted by Gasteiger charge is -2.37. The van der Waals surface area contributed by atoms with Crippen LogP contribution in [0.2, 0.25) is 0 Å². The van der Waals surface area contributed by atoms with Crippen molar-refractivity contribution in [2.75, 3.05) is 11.9 Å². The van der Waals surface area contributed by atoms with Crippen LogP contribution in [-0.2, 0) is 14.3 Å². The standard InChI is InChI=1S/C34H51N3O4/c1-11-13-14-21-37(32(39)29(22(3)12-2)36-33(40)41-34(8,9)10)30(27-23(4)17-15-18-24(27)5)31(38)35-28-25(6)19-16-20-26(28)7/h15-20,22,29-30H,11-14,21H2,1-10H3,(H,35,38)(H,36,40). The molecular weight excluding hydrogens is 514 g/mol. The van der Waals surface area contributed by atoms with Gasteiger partial charge < -0.3 is 20.3 Å². The number of unbranched alkanes of at least 4 members (excludes halogenated alkanes) is 2. The molecule has 0 radical (unpaired) electrons. The fourth-order valence-electron chi connectivity index (χ4n) is 5.09. The van der Waals surface area contributed by atoms with Gasteiger partial charge in [0.2, 0.25) is 5.91 Å². The number of anilines is 1. The van der Waals surface area contributed by atoms with E-state index in [0.717, 1.165) is 52.8 Å². The van der Waals surface area contributed by atoms with E-state index < -0.39 is 23.8 Å². The molecule has 0 aliphatic rings. The van der Waals surface area contributed by atoms with Crippen LogP contribution < -0.4 is 10.6 Å². The van der Waals surface area contributed by atoms with Crippen LogP contribution in [0.15, 0.2) is 36.4 Å². The smallest absolute Gasteiger partial charge is 0.408 e. The summed E-state index contributed by atoms with van der Waals surface area (Å²) in [5.74, 6) is -0.737. The summed E-state index contributed by atoms with van der Waals surface area (Å²) in [6, 6.07) is 10.1. The molecule has 0 aromatic heterocycles. The maximum absolute atomic E-state index is 14.5. The number of para-hydroxylation sites is 1. The number of alkyl carbamates (subject to hydrolysis) is 1. The Morgan fingerprint density at radius 1 is 0.878 bits per heavy atom. The molecule has 0 saturated carbocycles. The Morgan fingerprint density at radius 3 is 1.90 bits per heavy atom. The molecule has 0 bridgehead atoms. The Kier molecular flexibility index (Phi) is 12.4. The molecule has 3 amide bonds. The molecule has 2 rings (SSSR count). The van der Waals surface area contributed by atoms with E-state index in [0.29, 0.717) is 13.0 Å². The van der Waals surface area contributed by atoms with Crippen molar-refractivity contribution in [2.24, 2.45) is 5.92 Å². The first-order chi connectivity index (χ1) is 19.2. The van der Waals surface area contributed by atoms with Gasteiger partial charge in [0.15, 0.2) is 0 Å².